The van der Waals surface area contributed by atoms with Crippen LogP contribution in [0.25, 0.3) is 0 Å². The summed E-state index contributed by atoms with van der Waals surface area (Å²) in [5.41, 5.74) is 4.30. The van der Waals surface area contributed by atoms with Gasteiger partial charge in [-0.25, -0.2) is 0 Å². The molecule has 2 aliphatic rings. The second-order valence-electron chi connectivity index (χ2n) is 5.51. The van der Waals surface area contributed by atoms with Gasteiger partial charge in [0.2, 0.25) is 0 Å². The van der Waals surface area contributed by atoms with Gasteiger partial charge in [-0.1, -0.05) is 6.08 Å². The summed E-state index contributed by atoms with van der Waals surface area (Å²) in [5.74, 6) is 1.89. The molecule has 0 radical (unpaired) electrons. The molecule has 96 valence electrons. The maximum atomic E-state index is 10.2. The molecule has 0 saturated carbocycles. The number of ether oxygens (including phenoxy) is 1. The molecule has 0 bridgehead atoms. The topological polar surface area (TPSA) is 29.5 Å². The fourth-order valence-corrected chi connectivity index (χ4v) is 3.28. The van der Waals surface area contributed by atoms with E-state index in [4.69, 9.17) is 4.74 Å². The van der Waals surface area contributed by atoms with Crippen molar-refractivity contribution in [3.8, 4) is 11.5 Å². The molecule has 3 rings (SSSR count). The van der Waals surface area contributed by atoms with E-state index in [1.807, 2.05) is 20.8 Å². The zero-order chi connectivity index (χ0) is 12.9. The van der Waals surface area contributed by atoms with Gasteiger partial charge in [-0.3, -0.25) is 0 Å². The van der Waals surface area contributed by atoms with E-state index in [0.717, 1.165) is 35.3 Å². The number of hydrogen-bond donors (Lipinski definition) is 1. The first-order valence-electron chi connectivity index (χ1n) is 6.77. The number of fused-ring (bicyclic) bond motifs is 3. The van der Waals surface area contributed by atoms with E-state index in [-0.39, 0.29) is 6.10 Å². The number of aromatic hydroxyl groups is 1. The van der Waals surface area contributed by atoms with Crippen LogP contribution in [0.15, 0.2) is 12.2 Å². The van der Waals surface area contributed by atoms with E-state index in [1.54, 1.807) is 0 Å². The summed E-state index contributed by atoms with van der Waals surface area (Å²) in [6, 6.07) is 0. The molecule has 1 heterocycles. The van der Waals surface area contributed by atoms with Crippen LogP contribution in [0, 0.1) is 20.8 Å². The number of phenols is 1. The predicted molar refractivity (Wildman–Crippen MR) is 72.5 cm³/mol. The zero-order valence-electron chi connectivity index (χ0n) is 11.3. The molecule has 1 aromatic rings. The Morgan fingerprint density at radius 3 is 2.72 bits per heavy atom. The standard InChI is InChI=1S/C16H20O2/c1-9-10(2)16-14(11(3)15(9)17)12-7-5-4-6-8-13(12)18-16/h6,8,12-13,17H,4-5,7H2,1-3H3/t12-,13+/m0/s1. The molecule has 1 aliphatic carbocycles. The first-order valence-corrected chi connectivity index (χ1v) is 6.77. The van der Waals surface area contributed by atoms with Crippen LogP contribution in [0.5, 0.6) is 11.5 Å². The third kappa shape index (κ3) is 1.48. The molecular formula is C16H20O2. The lowest BCUT2D eigenvalue weighted by atomic mass is 9.86. The maximum Gasteiger partial charge on any atom is 0.127 e. The van der Waals surface area contributed by atoms with Gasteiger partial charge in [0.25, 0.3) is 0 Å². The van der Waals surface area contributed by atoms with Gasteiger partial charge >= 0.3 is 0 Å². The Morgan fingerprint density at radius 1 is 1.17 bits per heavy atom. The number of benzene rings is 1. The SMILES string of the molecule is Cc1c(C)c2c(c(C)c1O)[C@H]1CCCC=C[C@H]1O2. The normalized spacial score (nSPS) is 25.3. The molecule has 2 atom stereocenters. The van der Waals surface area contributed by atoms with Crippen LogP contribution in [0.2, 0.25) is 0 Å². The summed E-state index contributed by atoms with van der Waals surface area (Å²) in [5, 5.41) is 10.2. The highest BCUT2D eigenvalue weighted by Crippen LogP contribution is 2.49. The van der Waals surface area contributed by atoms with Gasteiger partial charge in [-0.15, -0.1) is 0 Å². The van der Waals surface area contributed by atoms with Gasteiger partial charge < -0.3 is 9.84 Å². The van der Waals surface area contributed by atoms with Crippen LogP contribution in [0.1, 0.15) is 47.4 Å². The van der Waals surface area contributed by atoms with Gasteiger partial charge in [-0.05, 0) is 62.8 Å². The van der Waals surface area contributed by atoms with Crippen molar-refractivity contribution in [3.05, 3.63) is 34.4 Å². The Bertz CT molecular complexity index is 529. The Hall–Kier alpha value is -1.44. The minimum Gasteiger partial charge on any atom is -0.507 e. The molecule has 1 aliphatic heterocycles. The van der Waals surface area contributed by atoms with Gasteiger partial charge in [0.05, 0.1) is 0 Å². The molecule has 0 spiro atoms. The van der Waals surface area contributed by atoms with Crippen molar-refractivity contribution in [2.45, 2.75) is 52.1 Å². The first kappa shape index (κ1) is 11.6. The average molecular weight is 244 g/mol. The molecule has 0 aromatic heterocycles. The molecule has 0 fully saturated rings. The monoisotopic (exact) mass is 244 g/mol. The van der Waals surface area contributed by atoms with Crippen molar-refractivity contribution in [2.24, 2.45) is 0 Å². The maximum absolute atomic E-state index is 10.2. The lowest BCUT2D eigenvalue weighted by Gasteiger charge is -2.16. The summed E-state index contributed by atoms with van der Waals surface area (Å²) in [7, 11) is 0. The molecular weight excluding hydrogens is 224 g/mol. The largest absolute Gasteiger partial charge is 0.507 e. The van der Waals surface area contributed by atoms with Crippen molar-refractivity contribution >= 4 is 0 Å². The van der Waals surface area contributed by atoms with Crippen LogP contribution in [-0.4, -0.2) is 11.2 Å². The van der Waals surface area contributed by atoms with Crippen molar-refractivity contribution in [1.29, 1.82) is 0 Å². The molecule has 2 heteroatoms. The molecule has 0 unspecified atom stereocenters. The van der Waals surface area contributed by atoms with Crippen LogP contribution in [-0.2, 0) is 0 Å². The quantitative estimate of drug-likeness (QED) is 0.701. The second-order valence-corrected chi connectivity index (χ2v) is 5.51. The van der Waals surface area contributed by atoms with E-state index in [0.29, 0.717) is 11.7 Å². The van der Waals surface area contributed by atoms with Crippen molar-refractivity contribution < 1.29 is 9.84 Å². The predicted octanol–water partition coefficient (Wildman–Crippen LogP) is 3.90. The number of hydrogen-bond acceptors (Lipinski definition) is 2. The first-order chi connectivity index (χ1) is 8.61. The minimum absolute atomic E-state index is 0.168. The Kier molecular flexibility index (Phi) is 2.61. The smallest absolute Gasteiger partial charge is 0.127 e. The number of allylic oxidation sites excluding steroid dienone is 1. The molecule has 2 nitrogen and oxygen atoms in total. The Balaban J connectivity index is 2.19. The van der Waals surface area contributed by atoms with Crippen LogP contribution in [0.4, 0.5) is 0 Å². The summed E-state index contributed by atoms with van der Waals surface area (Å²) < 4.78 is 6.14. The highest BCUT2D eigenvalue weighted by molar-refractivity contribution is 5.61. The minimum atomic E-state index is 0.168. The van der Waals surface area contributed by atoms with Crippen LogP contribution in [0.3, 0.4) is 0 Å². The highest BCUT2D eigenvalue weighted by atomic mass is 16.5. The van der Waals surface area contributed by atoms with Crippen molar-refractivity contribution in [2.75, 3.05) is 0 Å². The van der Waals surface area contributed by atoms with Gasteiger partial charge in [0, 0.05) is 11.5 Å². The van der Waals surface area contributed by atoms with E-state index < -0.39 is 0 Å². The van der Waals surface area contributed by atoms with Crippen molar-refractivity contribution in [3.63, 3.8) is 0 Å². The molecule has 0 saturated heterocycles. The van der Waals surface area contributed by atoms with E-state index >= 15 is 0 Å². The fraction of sp³-hybridized carbons (Fsp3) is 0.500. The van der Waals surface area contributed by atoms with Crippen molar-refractivity contribution in [1.82, 2.24) is 0 Å². The summed E-state index contributed by atoms with van der Waals surface area (Å²) in [6.45, 7) is 6.02. The van der Waals surface area contributed by atoms with E-state index in [1.165, 1.54) is 12.0 Å². The molecule has 0 amide bonds. The highest BCUT2D eigenvalue weighted by Gasteiger charge is 2.37. The summed E-state index contributed by atoms with van der Waals surface area (Å²) >= 11 is 0. The molecule has 1 aromatic carbocycles. The summed E-state index contributed by atoms with van der Waals surface area (Å²) in [4.78, 5) is 0. The zero-order valence-corrected chi connectivity index (χ0v) is 11.3. The van der Waals surface area contributed by atoms with E-state index in [2.05, 4.69) is 12.2 Å². The lowest BCUT2D eigenvalue weighted by Crippen LogP contribution is -2.14. The van der Waals surface area contributed by atoms with Crippen LogP contribution < -0.4 is 4.74 Å². The third-order valence-corrected chi connectivity index (χ3v) is 4.50. The van der Waals surface area contributed by atoms with Crippen LogP contribution >= 0.6 is 0 Å². The number of rotatable bonds is 0. The Morgan fingerprint density at radius 2 is 1.94 bits per heavy atom. The van der Waals surface area contributed by atoms with Gasteiger partial charge in [-0.2, -0.15) is 0 Å². The second kappa shape index (κ2) is 4.04. The fourth-order valence-electron chi connectivity index (χ4n) is 3.28. The molecule has 18 heavy (non-hydrogen) atoms. The lowest BCUT2D eigenvalue weighted by molar-refractivity contribution is 0.250. The van der Waals surface area contributed by atoms with Gasteiger partial charge in [0.1, 0.15) is 17.6 Å². The number of phenolic OH excluding ortho intramolecular Hbond substituents is 1. The third-order valence-electron chi connectivity index (χ3n) is 4.50. The Labute approximate surface area is 108 Å². The average Bonchev–Trinajstić information content (AvgIpc) is 2.57. The summed E-state index contributed by atoms with van der Waals surface area (Å²) in [6.07, 6.45) is 8.08. The molecule has 1 N–H and O–H groups in total. The van der Waals surface area contributed by atoms with E-state index in [9.17, 15) is 5.11 Å². The van der Waals surface area contributed by atoms with Gasteiger partial charge in [0.15, 0.2) is 0 Å².